The van der Waals surface area contributed by atoms with Gasteiger partial charge in [0.25, 0.3) is 0 Å². The highest BCUT2D eigenvalue weighted by Crippen LogP contribution is 2.35. The van der Waals surface area contributed by atoms with Crippen molar-refractivity contribution in [2.45, 2.75) is 13.1 Å². The normalized spacial score (nSPS) is 15.2. The van der Waals surface area contributed by atoms with Gasteiger partial charge in [-0.3, -0.25) is 9.48 Å². The van der Waals surface area contributed by atoms with Crippen molar-refractivity contribution in [1.82, 2.24) is 9.78 Å². The summed E-state index contributed by atoms with van der Waals surface area (Å²) >= 11 is 6.13. The number of hydrogen-bond donors (Lipinski definition) is 1. The number of hydrogen-bond acceptors (Lipinski definition) is 4. The Kier molecular flexibility index (Phi) is 6.18. The third-order valence-corrected chi connectivity index (χ3v) is 4.98. The molecule has 1 aliphatic heterocycles. The average molecular weight is 429 g/mol. The third kappa shape index (κ3) is 4.91. The smallest absolute Gasteiger partial charge is 0.378 e. The largest absolute Gasteiger partial charge is 0.416 e. The summed E-state index contributed by atoms with van der Waals surface area (Å²) in [7, 11) is 1.67. The number of nitrogens with zero attached hydrogens (tertiary/aromatic N) is 3. The van der Waals surface area contributed by atoms with Crippen molar-refractivity contribution in [2.75, 3.05) is 36.5 Å². The van der Waals surface area contributed by atoms with Gasteiger partial charge >= 0.3 is 6.18 Å². The lowest BCUT2D eigenvalue weighted by Gasteiger charge is -2.30. The fourth-order valence-electron chi connectivity index (χ4n) is 3.06. The molecule has 2 heterocycles. The molecule has 1 N–H and O–H groups in total. The van der Waals surface area contributed by atoms with Gasteiger partial charge < -0.3 is 15.0 Å². The van der Waals surface area contributed by atoms with E-state index in [2.05, 4.69) is 10.4 Å². The Labute approximate surface area is 170 Å². The Balaban J connectivity index is 1.87. The first-order valence-electron chi connectivity index (χ1n) is 8.89. The van der Waals surface area contributed by atoms with Crippen LogP contribution in [0.25, 0.3) is 6.08 Å². The van der Waals surface area contributed by atoms with Crippen LogP contribution in [-0.2, 0) is 22.8 Å². The molecule has 3 rings (SSSR count). The Morgan fingerprint density at radius 2 is 2.00 bits per heavy atom. The molecule has 10 heteroatoms. The Hall–Kier alpha value is -2.52. The van der Waals surface area contributed by atoms with Gasteiger partial charge in [-0.1, -0.05) is 11.6 Å². The van der Waals surface area contributed by atoms with Crippen molar-refractivity contribution in [3.63, 3.8) is 0 Å². The van der Waals surface area contributed by atoms with Crippen molar-refractivity contribution in [1.29, 1.82) is 0 Å². The molecule has 0 atom stereocenters. The van der Waals surface area contributed by atoms with E-state index in [9.17, 15) is 18.0 Å². The molecule has 1 saturated heterocycles. The highest BCUT2D eigenvalue weighted by Gasteiger charge is 2.31. The second-order valence-electron chi connectivity index (χ2n) is 6.57. The molecule has 1 fully saturated rings. The molecular formula is C19H20ClF3N4O2. The van der Waals surface area contributed by atoms with Gasteiger partial charge in [-0.2, -0.15) is 18.3 Å². The maximum absolute atomic E-state index is 13.2. The molecule has 1 amide bonds. The molecule has 0 radical (unpaired) electrons. The Morgan fingerprint density at radius 1 is 1.31 bits per heavy atom. The van der Waals surface area contributed by atoms with Gasteiger partial charge in [-0.15, -0.1) is 0 Å². The van der Waals surface area contributed by atoms with Gasteiger partial charge in [0.2, 0.25) is 5.91 Å². The summed E-state index contributed by atoms with van der Waals surface area (Å²) in [4.78, 5) is 14.3. The van der Waals surface area contributed by atoms with Crippen LogP contribution in [0.1, 0.15) is 16.8 Å². The quantitative estimate of drug-likeness (QED) is 0.751. The Morgan fingerprint density at radius 3 is 2.59 bits per heavy atom. The van der Waals surface area contributed by atoms with Crippen LogP contribution >= 0.6 is 11.6 Å². The second kappa shape index (κ2) is 8.46. The van der Waals surface area contributed by atoms with Gasteiger partial charge in [0, 0.05) is 31.8 Å². The average Bonchev–Trinajstić information content (AvgIpc) is 2.91. The topological polar surface area (TPSA) is 59.4 Å². The number of aryl methyl sites for hydroxylation is 2. The molecule has 1 aromatic heterocycles. The van der Waals surface area contributed by atoms with Gasteiger partial charge in [0.15, 0.2) is 0 Å². The third-order valence-electron chi connectivity index (χ3n) is 4.53. The molecule has 0 spiro atoms. The molecule has 6 nitrogen and oxygen atoms in total. The summed E-state index contributed by atoms with van der Waals surface area (Å²) < 4.78 is 46.2. The number of aromatic nitrogens is 2. The predicted molar refractivity (Wildman–Crippen MR) is 105 cm³/mol. The number of anilines is 2. The van der Waals surface area contributed by atoms with E-state index in [0.717, 1.165) is 12.1 Å². The lowest BCUT2D eigenvalue weighted by Crippen LogP contribution is -2.36. The first-order valence-corrected chi connectivity index (χ1v) is 9.26. The van der Waals surface area contributed by atoms with Crippen molar-refractivity contribution < 1.29 is 22.7 Å². The molecule has 0 bridgehead atoms. The molecule has 0 saturated carbocycles. The van der Waals surface area contributed by atoms with E-state index in [-0.39, 0.29) is 5.69 Å². The number of alkyl halides is 3. The maximum Gasteiger partial charge on any atom is 0.416 e. The minimum Gasteiger partial charge on any atom is -0.378 e. The molecular weight excluding hydrogens is 409 g/mol. The number of amides is 1. The Bertz CT molecular complexity index is 934. The van der Waals surface area contributed by atoms with E-state index in [1.807, 2.05) is 4.90 Å². The molecule has 156 valence electrons. The summed E-state index contributed by atoms with van der Waals surface area (Å²) in [6.07, 6.45) is -1.81. The molecule has 2 aromatic rings. The molecule has 0 aliphatic carbocycles. The summed E-state index contributed by atoms with van der Waals surface area (Å²) in [5.41, 5.74) is 0.973. The number of carbonyl (C=O) groups excluding carboxylic acids is 1. The highest BCUT2D eigenvalue weighted by atomic mass is 35.5. The van der Waals surface area contributed by atoms with Crippen LogP contribution in [0.5, 0.6) is 0 Å². The lowest BCUT2D eigenvalue weighted by atomic mass is 10.1. The number of carbonyl (C=O) groups is 1. The predicted octanol–water partition coefficient (Wildman–Crippen LogP) is 3.89. The number of rotatable bonds is 4. The molecule has 1 aliphatic rings. The van der Waals surface area contributed by atoms with Crippen LogP contribution in [0, 0.1) is 6.92 Å². The van der Waals surface area contributed by atoms with Gasteiger partial charge in [-0.05, 0) is 31.2 Å². The number of nitrogens with one attached hydrogen (secondary N) is 1. The van der Waals surface area contributed by atoms with Crippen molar-refractivity contribution >= 4 is 35.0 Å². The summed E-state index contributed by atoms with van der Waals surface area (Å²) in [5.74, 6) is -0.571. The SMILES string of the molecule is Cc1nn(C)c(Cl)c1/C=C/C(=O)Nc1cc(C(F)(F)F)ccc1N1CCOCC1. The fourth-order valence-corrected chi connectivity index (χ4v) is 3.30. The first kappa shape index (κ1) is 21.2. The molecule has 1 aromatic carbocycles. The number of benzene rings is 1. The molecule has 0 unspecified atom stereocenters. The lowest BCUT2D eigenvalue weighted by molar-refractivity contribution is -0.137. The van der Waals surface area contributed by atoms with Crippen LogP contribution in [0.3, 0.4) is 0 Å². The zero-order valence-corrected chi connectivity index (χ0v) is 16.6. The highest BCUT2D eigenvalue weighted by molar-refractivity contribution is 6.31. The first-order chi connectivity index (χ1) is 13.7. The van der Waals surface area contributed by atoms with Crippen molar-refractivity contribution in [2.24, 2.45) is 7.05 Å². The van der Waals surface area contributed by atoms with Gasteiger partial charge in [0.1, 0.15) is 5.15 Å². The maximum atomic E-state index is 13.2. The van der Waals surface area contributed by atoms with E-state index < -0.39 is 17.6 Å². The summed E-state index contributed by atoms with van der Waals surface area (Å²) in [5, 5.41) is 7.06. The van der Waals surface area contributed by atoms with Crippen molar-refractivity contribution in [3.8, 4) is 0 Å². The number of ether oxygens (including phenoxy) is 1. The van der Waals surface area contributed by atoms with Crippen LogP contribution in [0.2, 0.25) is 5.15 Å². The van der Waals surface area contributed by atoms with Crippen molar-refractivity contribution in [3.05, 3.63) is 46.2 Å². The van der Waals surface area contributed by atoms with E-state index in [1.165, 1.54) is 22.9 Å². The van der Waals surface area contributed by atoms with E-state index >= 15 is 0 Å². The van der Waals surface area contributed by atoms with Gasteiger partial charge in [-0.25, -0.2) is 0 Å². The van der Waals surface area contributed by atoms with Crippen LogP contribution in [0.4, 0.5) is 24.5 Å². The minimum atomic E-state index is -4.51. The summed E-state index contributed by atoms with van der Waals surface area (Å²) in [6, 6.07) is 3.32. The van der Waals surface area contributed by atoms with E-state index in [4.69, 9.17) is 16.3 Å². The van der Waals surface area contributed by atoms with E-state index in [1.54, 1.807) is 14.0 Å². The van der Waals surface area contributed by atoms with E-state index in [0.29, 0.717) is 48.4 Å². The monoisotopic (exact) mass is 428 g/mol. The standard InChI is InChI=1S/C19H20ClF3N4O2/c1-12-14(18(20)26(2)25-12)4-6-17(28)24-15-11-13(19(21,22)23)3-5-16(15)27-7-9-29-10-8-27/h3-6,11H,7-10H2,1-2H3,(H,24,28)/b6-4+. The van der Waals surface area contributed by atoms with Crippen LogP contribution < -0.4 is 10.2 Å². The number of halogens is 4. The molecule has 29 heavy (non-hydrogen) atoms. The van der Waals surface area contributed by atoms with Gasteiger partial charge in [0.05, 0.1) is 35.8 Å². The minimum absolute atomic E-state index is 0.0883. The zero-order valence-electron chi connectivity index (χ0n) is 15.9. The fraction of sp³-hybridized carbons (Fsp3) is 0.368. The second-order valence-corrected chi connectivity index (χ2v) is 6.92. The number of morpholine rings is 1. The van der Waals surface area contributed by atoms with Crippen LogP contribution in [0.15, 0.2) is 24.3 Å². The summed E-state index contributed by atoms with van der Waals surface area (Å²) in [6.45, 7) is 3.72. The van der Waals surface area contributed by atoms with Crippen LogP contribution in [-0.4, -0.2) is 42.0 Å². The zero-order chi connectivity index (χ0) is 21.2.